The molecule has 0 saturated heterocycles. The lowest BCUT2D eigenvalue weighted by atomic mass is 9.80. The second-order valence-electron chi connectivity index (χ2n) is 5.17. The van der Waals surface area contributed by atoms with Crippen LogP contribution in [0.5, 0.6) is 5.75 Å². The monoisotopic (exact) mass is 313 g/mol. The Kier molecular flexibility index (Phi) is 4.79. The SMILES string of the molecule is COc1cc(C)cc(C)c1C(C)(C)CNC(=O)Br. The molecule has 0 atom stereocenters. The first-order valence-corrected chi connectivity index (χ1v) is 6.66. The molecule has 1 aromatic carbocycles. The highest BCUT2D eigenvalue weighted by molar-refractivity contribution is 9.18. The van der Waals surface area contributed by atoms with Gasteiger partial charge in [0.15, 0.2) is 0 Å². The summed E-state index contributed by atoms with van der Waals surface area (Å²) >= 11 is 2.88. The number of methoxy groups -OCH3 is 1. The number of aryl methyl sites for hydroxylation is 2. The number of amides is 1. The van der Waals surface area contributed by atoms with E-state index < -0.39 is 0 Å². The third kappa shape index (κ3) is 3.48. The van der Waals surface area contributed by atoms with Gasteiger partial charge in [0.2, 0.25) is 0 Å². The fraction of sp³-hybridized carbons (Fsp3) is 0.500. The van der Waals surface area contributed by atoms with Gasteiger partial charge in [-0.05, 0) is 31.0 Å². The van der Waals surface area contributed by atoms with Crippen LogP contribution in [0.2, 0.25) is 0 Å². The lowest BCUT2D eigenvalue weighted by molar-refractivity contribution is 0.259. The molecule has 0 aromatic heterocycles. The molecule has 0 bridgehead atoms. The predicted molar refractivity (Wildman–Crippen MR) is 77.8 cm³/mol. The highest BCUT2D eigenvalue weighted by Crippen LogP contribution is 2.35. The van der Waals surface area contributed by atoms with Crippen LogP contribution in [0.1, 0.15) is 30.5 Å². The maximum Gasteiger partial charge on any atom is 0.287 e. The predicted octanol–water partition coefficient (Wildman–Crippen LogP) is 3.69. The quantitative estimate of drug-likeness (QED) is 0.680. The highest BCUT2D eigenvalue weighted by Gasteiger charge is 2.27. The summed E-state index contributed by atoms with van der Waals surface area (Å²) in [5.41, 5.74) is 3.30. The van der Waals surface area contributed by atoms with Gasteiger partial charge in [-0.25, -0.2) is 0 Å². The summed E-state index contributed by atoms with van der Waals surface area (Å²) in [4.78, 5) is 10.8. The average molecular weight is 314 g/mol. The Bertz CT molecular complexity index is 455. The van der Waals surface area contributed by atoms with Gasteiger partial charge in [-0.3, -0.25) is 4.79 Å². The summed E-state index contributed by atoms with van der Waals surface area (Å²) in [5.74, 6) is 0.876. The van der Waals surface area contributed by atoms with E-state index in [-0.39, 0.29) is 10.2 Å². The molecule has 0 aliphatic carbocycles. The molecular weight excluding hydrogens is 294 g/mol. The van der Waals surface area contributed by atoms with Crippen molar-refractivity contribution in [2.45, 2.75) is 33.1 Å². The number of benzene rings is 1. The summed E-state index contributed by atoms with van der Waals surface area (Å²) < 4.78 is 5.48. The lowest BCUT2D eigenvalue weighted by Crippen LogP contribution is -2.35. The molecule has 0 aliphatic rings. The lowest BCUT2D eigenvalue weighted by Gasteiger charge is -2.29. The molecule has 3 nitrogen and oxygen atoms in total. The van der Waals surface area contributed by atoms with Gasteiger partial charge in [0.25, 0.3) is 4.82 Å². The summed E-state index contributed by atoms with van der Waals surface area (Å²) in [6, 6.07) is 4.16. The number of halogens is 1. The Labute approximate surface area is 117 Å². The van der Waals surface area contributed by atoms with Crippen molar-refractivity contribution >= 4 is 20.7 Å². The third-order valence-electron chi connectivity index (χ3n) is 3.01. The molecule has 1 rings (SSSR count). The Hall–Kier alpha value is -1.03. The van der Waals surface area contributed by atoms with Crippen LogP contribution in [-0.4, -0.2) is 18.5 Å². The summed E-state index contributed by atoms with van der Waals surface area (Å²) in [7, 11) is 1.68. The first-order valence-electron chi connectivity index (χ1n) is 5.87. The van der Waals surface area contributed by atoms with E-state index >= 15 is 0 Å². The van der Waals surface area contributed by atoms with Gasteiger partial charge < -0.3 is 10.1 Å². The Morgan fingerprint density at radius 3 is 2.50 bits per heavy atom. The molecule has 0 fully saturated rings. The van der Waals surface area contributed by atoms with E-state index in [4.69, 9.17) is 4.74 Å². The molecule has 100 valence electrons. The Morgan fingerprint density at radius 1 is 1.39 bits per heavy atom. The van der Waals surface area contributed by atoms with Crippen LogP contribution in [0.3, 0.4) is 0 Å². The summed E-state index contributed by atoms with van der Waals surface area (Å²) in [6.07, 6.45) is 0. The van der Waals surface area contributed by atoms with Crippen LogP contribution in [0.4, 0.5) is 4.79 Å². The normalized spacial score (nSPS) is 11.2. The van der Waals surface area contributed by atoms with Crippen molar-refractivity contribution in [3.8, 4) is 5.75 Å². The van der Waals surface area contributed by atoms with Gasteiger partial charge in [0, 0.05) is 33.5 Å². The van der Waals surface area contributed by atoms with Crippen LogP contribution in [0.25, 0.3) is 0 Å². The standard InChI is InChI=1S/C14H20BrNO2/c1-9-6-10(2)12(11(7-9)18-5)14(3,4)8-16-13(15)17/h6-7H,8H2,1-5H3,(H,16,17). The second kappa shape index (κ2) is 5.74. The van der Waals surface area contributed by atoms with Gasteiger partial charge in [-0.2, -0.15) is 0 Å². The van der Waals surface area contributed by atoms with E-state index in [1.807, 2.05) is 13.0 Å². The first-order chi connectivity index (χ1) is 8.27. The van der Waals surface area contributed by atoms with Crippen molar-refractivity contribution in [2.75, 3.05) is 13.7 Å². The molecule has 0 saturated carbocycles. The van der Waals surface area contributed by atoms with Crippen molar-refractivity contribution in [2.24, 2.45) is 0 Å². The molecular formula is C14H20BrNO2. The largest absolute Gasteiger partial charge is 0.496 e. The fourth-order valence-electron chi connectivity index (χ4n) is 2.34. The minimum Gasteiger partial charge on any atom is -0.496 e. The van der Waals surface area contributed by atoms with E-state index in [9.17, 15) is 4.79 Å². The minimum absolute atomic E-state index is 0.188. The zero-order valence-corrected chi connectivity index (χ0v) is 13.1. The molecule has 1 aromatic rings. The minimum atomic E-state index is -0.195. The Balaban J connectivity index is 3.17. The van der Waals surface area contributed by atoms with Crippen LogP contribution < -0.4 is 10.1 Å². The van der Waals surface area contributed by atoms with Gasteiger partial charge >= 0.3 is 0 Å². The second-order valence-corrected chi connectivity index (χ2v) is 5.89. The first kappa shape index (κ1) is 15.0. The molecule has 0 unspecified atom stereocenters. The maximum absolute atomic E-state index is 11.0. The van der Waals surface area contributed by atoms with Crippen molar-refractivity contribution < 1.29 is 9.53 Å². The summed E-state index contributed by atoms with van der Waals surface area (Å²) in [5, 5.41) is 2.80. The maximum atomic E-state index is 11.0. The van der Waals surface area contributed by atoms with Gasteiger partial charge in [0.05, 0.1) is 7.11 Å². The zero-order valence-electron chi connectivity index (χ0n) is 11.6. The number of rotatable bonds is 4. The van der Waals surface area contributed by atoms with Crippen molar-refractivity contribution in [3.63, 3.8) is 0 Å². The number of hydrogen-bond donors (Lipinski definition) is 1. The molecule has 0 spiro atoms. The number of carbonyl (C=O) groups is 1. The fourth-order valence-corrected chi connectivity index (χ4v) is 2.48. The van der Waals surface area contributed by atoms with Crippen molar-refractivity contribution in [1.29, 1.82) is 0 Å². The smallest absolute Gasteiger partial charge is 0.287 e. The van der Waals surface area contributed by atoms with E-state index in [1.165, 1.54) is 11.1 Å². The van der Waals surface area contributed by atoms with Gasteiger partial charge in [0.1, 0.15) is 5.75 Å². The topological polar surface area (TPSA) is 38.3 Å². The Morgan fingerprint density at radius 2 is 2.00 bits per heavy atom. The van der Waals surface area contributed by atoms with Crippen molar-refractivity contribution in [3.05, 3.63) is 28.8 Å². The van der Waals surface area contributed by atoms with Crippen LogP contribution >= 0.6 is 15.9 Å². The summed E-state index contributed by atoms with van der Waals surface area (Å²) in [6.45, 7) is 8.86. The number of hydrogen-bond acceptors (Lipinski definition) is 2. The molecule has 0 heterocycles. The van der Waals surface area contributed by atoms with E-state index in [0.29, 0.717) is 6.54 Å². The molecule has 18 heavy (non-hydrogen) atoms. The molecule has 4 heteroatoms. The number of nitrogens with one attached hydrogen (secondary N) is 1. The van der Waals surface area contributed by atoms with E-state index in [1.54, 1.807) is 7.11 Å². The highest BCUT2D eigenvalue weighted by atomic mass is 79.9. The van der Waals surface area contributed by atoms with Crippen LogP contribution in [0, 0.1) is 13.8 Å². The van der Waals surface area contributed by atoms with Crippen LogP contribution in [0.15, 0.2) is 12.1 Å². The van der Waals surface area contributed by atoms with Crippen LogP contribution in [-0.2, 0) is 5.41 Å². The van der Waals surface area contributed by atoms with Gasteiger partial charge in [-0.1, -0.05) is 19.9 Å². The van der Waals surface area contributed by atoms with Gasteiger partial charge in [-0.15, -0.1) is 0 Å². The van der Waals surface area contributed by atoms with Crippen molar-refractivity contribution in [1.82, 2.24) is 5.32 Å². The molecule has 1 amide bonds. The number of ether oxygens (including phenoxy) is 1. The molecule has 1 N–H and O–H groups in total. The van der Waals surface area contributed by atoms with E-state index in [2.05, 4.69) is 48.1 Å². The third-order valence-corrected chi connectivity index (χ3v) is 3.29. The zero-order chi connectivity index (χ0) is 13.9. The molecule has 0 aliphatic heterocycles. The number of carbonyl (C=O) groups excluding carboxylic acids is 1. The average Bonchev–Trinajstić information content (AvgIpc) is 2.24. The molecule has 0 radical (unpaired) electrons. The van der Waals surface area contributed by atoms with E-state index in [0.717, 1.165) is 11.3 Å².